The molecule has 44 heavy (non-hydrogen) atoms. The van der Waals surface area contributed by atoms with Crippen LogP contribution in [-0.2, 0) is 17.9 Å². The van der Waals surface area contributed by atoms with Crippen LogP contribution in [0.4, 0.5) is 0 Å². The monoisotopic (exact) mass is 673 g/mol. The predicted octanol–water partition coefficient (Wildman–Crippen LogP) is 7.94. The van der Waals surface area contributed by atoms with Crippen LogP contribution < -0.4 is 20.1 Å². The number of ether oxygens (including phenoxy) is 2. The molecule has 0 saturated heterocycles. The maximum absolute atomic E-state index is 13.5. The molecule has 3 aromatic rings. The molecular formula is C35H36BrN3O4S. The van der Waals surface area contributed by atoms with Gasteiger partial charge in [0.15, 0.2) is 17.3 Å². The fourth-order valence-corrected chi connectivity index (χ4v) is 7.18. The highest BCUT2D eigenvalue weighted by atomic mass is 79.9. The Morgan fingerprint density at radius 1 is 1.16 bits per heavy atom. The smallest absolute Gasteiger partial charge is 0.251 e. The zero-order chi connectivity index (χ0) is 31.2. The van der Waals surface area contributed by atoms with Gasteiger partial charge in [-0.3, -0.25) is 9.59 Å². The number of dihydropyridines is 1. The van der Waals surface area contributed by atoms with Crippen molar-refractivity contribution in [2.24, 2.45) is 5.92 Å². The van der Waals surface area contributed by atoms with Crippen LogP contribution in [0.15, 0.2) is 80.9 Å². The van der Waals surface area contributed by atoms with Crippen LogP contribution in [-0.4, -0.2) is 18.3 Å². The maximum atomic E-state index is 13.5. The first-order valence-corrected chi connectivity index (χ1v) is 16.6. The number of halogens is 1. The first-order valence-electron chi connectivity index (χ1n) is 15.0. The molecule has 1 aromatic heterocycles. The van der Waals surface area contributed by atoms with Crippen molar-refractivity contribution in [1.82, 2.24) is 10.6 Å². The second-order valence-corrected chi connectivity index (χ2v) is 13.0. The van der Waals surface area contributed by atoms with Gasteiger partial charge in [-0.2, -0.15) is 5.26 Å². The van der Waals surface area contributed by atoms with E-state index in [9.17, 15) is 14.9 Å². The van der Waals surface area contributed by atoms with Crippen molar-refractivity contribution in [1.29, 1.82) is 5.26 Å². The van der Waals surface area contributed by atoms with Crippen molar-refractivity contribution in [3.8, 4) is 17.6 Å². The molecule has 2 heterocycles. The summed E-state index contributed by atoms with van der Waals surface area (Å²) in [6.45, 7) is 7.12. The molecule has 9 heteroatoms. The van der Waals surface area contributed by atoms with Crippen LogP contribution in [0.2, 0.25) is 0 Å². The summed E-state index contributed by atoms with van der Waals surface area (Å²) in [5.74, 6) is 0.872. The van der Waals surface area contributed by atoms with Gasteiger partial charge in [-0.25, -0.2) is 0 Å². The van der Waals surface area contributed by atoms with E-state index in [4.69, 9.17) is 9.47 Å². The van der Waals surface area contributed by atoms with E-state index >= 15 is 0 Å². The summed E-state index contributed by atoms with van der Waals surface area (Å²) >= 11 is 5.30. The number of nitrogens with one attached hydrogen (secondary N) is 2. The van der Waals surface area contributed by atoms with Crippen molar-refractivity contribution < 1.29 is 19.1 Å². The molecule has 0 spiro atoms. The number of nitriles is 1. The summed E-state index contributed by atoms with van der Waals surface area (Å²) < 4.78 is 13.0. The predicted molar refractivity (Wildman–Crippen MR) is 175 cm³/mol. The highest BCUT2D eigenvalue weighted by Gasteiger charge is 2.39. The number of ketones is 1. The molecule has 0 radical (unpaired) electrons. The molecule has 0 fully saturated rings. The second kappa shape index (κ2) is 14.3. The average molecular weight is 675 g/mol. The van der Waals surface area contributed by atoms with Crippen molar-refractivity contribution in [2.45, 2.75) is 65.5 Å². The van der Waals surface area contributed by atoms with Crippen LogP contribution in [0.5, 0.6) is 11.5 Å². The summed E-state index contributed by atoms with van der Waals surface area (Å²) in [6.07, 6.45) is 3.33. The van der Waals surface area contributed by atoms with E-state index in [1.807, 2.05) is 55.6 Å². The highest BCUT2D eigenvalue weighted by Crippen LogP contribution is 2.47. The van der Waals surface area contributed by atoms with Gasteiger partial charge < -0.3 is 20.1 Å². The number of hydrogen-bond donors (Lipinski definition) is 2. The molecule has 2 unspecified atom stereocenters. The molecule has 1 aliphatic heterocycles. The van der Waals surface area contributed by atoms with Gasteiger partial charge in [-0.15, -0.1) is 11.3 Å². The number of hydrogen-bond acceptors (Lipinski definition) is 7. The summed E-state index contributed by atoms with van der Waals surface area (Å²) in [6, 6.07) is 17.5. The Kier molecular flexibility index (Phi) is 10.2. The van der Waals surface area contributed by atoms with E-state index in [0.29, 0.717) is 58.2 Å². The van der Waals surface area contributed by atoms with Crippen molar-refractivity contribution in [3.63, 3.8) is 0 Å². The van der Waals surface area contributed by atoms with Crippen LogP contribution in [0.25, 0.3) is 0 Å². The molecule has 1 amide bonds. The van der Waals surface area contributed by atoms with E-state index in [1.54, 1.807) is 23.5 Å². The quantitative estimate of drug-likeness (QED) is 0.214. The van der Waals surface area contributed by atoms with Gasteiger partial charge in [0.1, 0.15) is 6.61 Å². The van der Waals surface area contributed by atoms with Crippen molar-refractivity contribution >= 4 is 39.0 Å². The molecule has 2 aromatic carbocycles. The fourth-order valence-electron chi connectivity index (χ4n) is 5.96. The summed E-state index contributed by atoms with van der Waals surface area (Å²) in [5.41, 5.74) is 5.20. The van der Waals surface area contributed by atoms with Gasteiger partial charge in [0, 0.05) is 33.8 Å². The topological polar surface area (TPSA) is 100 Å². The number of carbonyl (C=O) groups is 2. The van der Waals surface area contributed by atoms with Crippen molar-refractivity contribution in [2.75, 3.05) is 6.61 Å². The van der Waals surface area contributed by atoms with E-state index in [0.717, 1.165) is 46.7 Å². The fraction of sp³-hybridized carbons (Fsp3) is 0.343. The molecule has 5 rings (SSSR count). The summed E-state index contributed by atoms with van der Waals surface area (Å²) in [4.78, 5) is 27.2. The van der Waals surface area contributed by atoms with Crippen molar-refractivity contribution in [3.05, 3.63) is 102 Å². The average Bonchev–Trinajstić information content (AvgIpc) is 3.53. The Morgan fingerprint density at radius 2 is 1.95 bits per heavy atom. The Balaban J connectivity index is 1.37. The number of benzene rings is 2. The second-order valence-electron chi connectivity index (χ2n) is 11.1. The zero-order valence-electron chi connectivity index (χ0n) is 25.2. The van der Waals surface area contributed by atoms with Gasteiger partial charge in [0.25, 0.3) is 5.91 Å². The van der Waals surface area contributed by atoms with Crippen LogP contribution in [0.1, 0.15) is 78.7 Å². The van der Waals surface area contributed by atoms with E-state index < -0.39 is 5.92 Å². The minimum absolute atomic E-state index is 0.0977. The number of thiophene rings is 1. The third kappa shape index (κ3) is 6.92. The van der Waals surface area contributed by atoms with E-state index in [-0.39, 0.29) is 18.3 Å². The maximum Gasteiger partial charge on any atom is 0.251 e. The standard InChI is InChI=1S/C35H36BrN3O4S/c1-4-7-23-14-29-33(30(40)15-23)32(27(18-37)21(3)39-29)25-16-28(36)34(31(17-25)42-5-2)43-20-22-9-11-24(12-10-22)35(41)38-19-26-8-6-13-44-26/h6,8-13,16-17,23,32,39H,4-5,7,14-15,19-20H2,1-3H3,(H,38,41). The summed E-state index contributed by atoms with van der Waals surface area (Å²) in [5, 5.41) is 18.5. The first-order chi connectivity index (χ1) is 21.3. The molecule has 228 valence electrons. The molecule has 2 aliphatic rings. The Bertz CT molecular complexity index is 1640. The normalized spacial score (nSPS) is 17.9. The minimum Gasteiger partial charge on any atom is -0.490 e. The molecule has 1 aliphatic carbocycles. The lowest BCUT2D eigenvalue weighted by molar-refractivity contribution is -0.117. The highest BCUT2D eigenvalue weighted by molar-refractivity contribution is 9.10. The lowest BCUT2D eigenvalue weighted by Gasteiger charge is -2.35. The molecule has 2 N–H and O–H groups in total. The number of nitrogens with zero attached hydrogens (tertiary/aromatic N) is 1. The first kappa shape index (κ1) is 31.6. The molecular weight excluding hydrogens is 638 g/mol. The number of carbonyl (C=O) groups excluding carboxylic acids is 2. The van der Waals surface area contributed by atoms with Gasteiger partial charge in [-0.05, 0) is 95.4 Å². The molecule has 0 bridgehead atoms. The third-order valence-electron chi connectivity index (χ3n) is 8.00. The number of amides is 1. The van der Waals surface area contributed by atoms with Crippen LogP contribution in [0, 0.1) is 17.2 Å². The number of rotatable bonds is 11. The lowest BCUT2D eigenvalue weighted by atomic mass is 9.72. The Morgan fingerprint density at radius 3 is 2.64 bits per heavy atom. The van der Waals surface area contributed by atoms with Crippen LogP contribution in [0.3, 0.4) is 0 Å². The molecule has 0 saturated carbocycles. The molecule has 7 nitrogen and oxygen atoms in total. The third-order valence-corrected chi connectivity index (χ3v) is 9.46. The lowest BCUT2D eigenvalue weighted by Crippen LogP contribution is -2.34. The summed E-state index contributed by atoms with van der Waals surface area (Å²) in [7, 11) is 0. The molecule has 2 atom stereocenters. The minimum atomic E-state index is -0.477. The number of Topliss-reactive ketones (excluding diaryl/α,β-unsaturated/α-hetero) is 1. The van der Waals surface area contributed by atoms with Crippen LogP contribution >= 0.6 is 27.3 Å². The zero-order valence-corrected chi connectivity index (χ0v) is 27.6. The number of allylic oxidation sites excluding steroid dienone is 4. The van der Waals surface area contributed by atoms with Gasteiger partial charge >= 0.3 is 0 Å². The van der Waals surface area contributed by atoms with Gasteiger partial charge in [0.2, 0.25) is 0 Å². The largest absolute Gasteiger partial charge is 0.490 e. The SMILES string of the molecule is CCCC1CC(=O)C2=C(C1)NC(C)=C(C#N)C2c1cc(Br)c(OCc2ccc(C(=O)NCc3cccs3)cc2)c(OCC)c1. The van der Waals surface area contributed by atoms with E-state index in [2.05, 4.69) is 39.6 Å². The Hall–Kier alpha value is -3.87. The Labute approximate surface area is 271 Å². The van der Waals surface area contributed by atoms with Gasteiger partial charge in [-0.1, -0.05) is 31.5 Å². The van der Waals surface area contributed by atoms with E-state index in [1.165, 1.54) is 0 Å². The van der Waals surface area contributed by atoms with Gasteiger partial charge in [0.05, 0.1) is 35.2 Å².